The van der Waals surface area contributed by atoms with Crippen LogP contribution in [0.3, 0.4) is 0 Å². The molecule has 23 heavy (non-hydrogen) atoms. The molecule has 126 valence electrons. The number of hydrogen-bond acceptors (Lipinski definition) is 5. The van der Waals surface area contributed by atoms with Gasteiger partial charge in [-0.1, -0.05) is 0 Å². The minimum atomic E-state index is -1.46. The molecule has 2 aliphatic heterocycles. The number of nitrogens with zero attached hydrogens (tertiary/aromatic N) is 3. The topological polar surface area (TPSA) is 67.4 Å². The lowest BCUT2D eigenvalue weighted by Crippen LogP contribution is -2.49. The average Bonchev–Trinajstić information content (AvgIpc) is 3.09. The zero-order chi connectivity index (χ0) is 16.3. The zero-order valence-corrected chi connectivity index (χ0v) is 12.8. The van der Waals surface area contributed by atoms with Crippen LogP contribution in [0, 0.1) is 11.7 Å². The van der Waals surface area contributed by atoms with Crippen LogP contribution in [0.2, 0.25) is 0 Å². The minimum Gasteiger partial charge on any atom is -0.381 e. The van der Waals surface area contributed by atoms with Crippen molar-refractivity contribution in [2.75, 3.05) is 37.7 Å². The van der Waals surface area contributed by atoms with E-state index in [-0.39, 0.29) is 37.0 Å². The van der Waals surface area contributed by atoms with Gasteiger partial charge in [0.25, 0.3) is 0 Å². The molecule has 6 nitrogen and oxygen atoms in total. The minimum absolute atomic E-state index is 0.0115. The summed E-state index contributed by atoms with van der Waals surface area (Å²) in [6.45, 7) is 1.69. The molecule has 8 heteroatoms. The molecule has 0 saturated carbocycles. The molecule has 3 heterocycles. The van der Waals surface area contributed by atoms with Crippen LogP contribution >= 0.6 is 0 Å². The van der Waals surface area contributed by atoms with E-state index in [0.29, 0.717) is 32.7 Å². The van der Waals surface area contributed by atoms with Crippen LogP contribution < -0.4 is 10.2 Å². The van der Waals surface area contributed by atoms with Gasteiger partial charge >= 0.3 is 0 Å². The maximum absolute atomic E-state index is 14.8. The predicted octanol–water partition coefficient (Wildman–Crippen LogP) is 1.08. The smallest absolute Gasteiger partial charge is 0.225 e. The normalized spacial score (nSPS) is 23.7. The van der Waals surface area contributed by atoms with E-state index in [9.17, 15) is 13.6 Å². The second kappa shape index (κ2) is 6.74. The molecule has 1 unspecified atom stereocenters. The van der Waals surface area contributed by atoms with Gasteiger partial charge in [0.2, 0.25) is 5.91 Å². The third kappa shape index (κ3) is 3.74. The Morgan fingerprint density at radius 3 is 2.91 bits per heavy atom. The molecule has 1 amide bonds. The van der Waals surface area contributed by atoms with E-state index in [0.717, 1.165) is 6.20 Å². The summed E-state index contributed by atoms with van der Waals surface area (Å²) in [5, 5.41) is 2.69. The first-order valence-electron chi connectivity index (χ1n) is 7.82. The fourth-order valence-electron chi connectivity index (χ4n) is 2.97. The first-order valence-corrected chi connectivity index (χ1v) is 7.82. The average molecular weight is 326 g/mol. The Balaban J connectivity index is 1.51. The number of rotatable bonds is 4. The van der Waals surface area contributed by atoms with E-state index in [1.54, 1.807) is 4.90 Å². The van der Waals surface area contributed by atoms with E-state index >= 15 is 0 Å². The zero-order valence-electron chi connectivity index (χ0n) is 12.8. The number of piperidine rings is 1. The summed E-state index contributed by atoms with van der Waals surface area (Å²) in [6, 6.07) is 0. The summed E-state index contributed by atoms with van der Waals surface area (Å²) in [5.74, 6) is -0.625. The van der Waals surface area contributed by atoms with Crippen molar-refractivity contribution in [1.82, 2.24) is 15.3 Å². The molecule has 0 aliphatic carbocycles. The Labute approximate surface area is 133 Å². The van der Waals surface area contributed by atoms with Crippen molar-refractivity contribution < 1.29 is 18.3 Å². The van der Waals surface area contributed by atoms with Crippen LogP contribution in [0.1, 0.15) is 19.3 Å². The van der Waals surface area contributed by atoms with Crippen LogP contribution in [0.4, 0.5) is 14.6 Å². The van der Waals surface area contributed by atoms with Gasteiger partial charge in [-0.05, 0) is 6.42 Å². The Bertz CT molecular complexity index is 558. The molecule has 1 N–H and O–H groups in total. The SMILES string of the molecule is O=C(NCC1(F)CCN(c2ncncc2F)CC1)C1CCOC1. The quantitative estimate of drug-likeness (QED) is 0.897. The first-order chi connectivity index (χ1) is 11.1. The van der Waals surface area contributed by atoms with Gasteiger partial charge in [-0.15, -0.1) is 0 Å². The third-order valence-electron chi connectivity index (χ3n) is 4.49. The number of carbonyl (C=O) groups excluding carboxylic acids is 1. The van der Waals surface area contributed by atoms with Gasteiger partial charge in [0.05, 0.1) is 25.3 Å². The molecule has 2 saturated heterocycles. The lowest BCUT2D eigenvalue weighted by atomic mass is 9.93. The van der Waals surface area contributed by atoms with Crippen molar-refractivity contribution in [2.24, 2.45) is 5.92 Å². The Hall–Kier alpha value is -1.83. The van der Waals surface area contributed by atoms with Crippen molar-refractivity contribution in [3.05, 3.63) is 18.3 Å². The van der Waals surface area contributed by atoms with E-state index in [1.165, 1.54) is 6.33 Å². The van der Waals surface area contributed by atoms with Gasteiger partial charge in [-0.25, -0.2) is 18.7 Å². The molecular formula is C15H20F2N4O2. The highest BCUT2D eigenvalue weighted by Gasteiger charge is 2.36. The van der Waals surface area contributed by atoms with Crippen LogP contribution in [-0.2, 0) is 9.53 Å². The highest BCUT2D eigenvalue weighted by Crippen LogP contribution is 2.29. The molecule has 0 spiro atoms. The summed E-state index contributed by atoms with van der Waals surface area (Å²) >= 11 is 0. The van der Waals surface area contributed by atoms with Gasteiger partial charge in [0.15, 0.2) is 11.6 Å². The maximum atomic E-state index is 14.8. The van der Waals surface area contributed by atoms with Crippen molar-refractivity contribution in [1.29, 1.82) is 0 Å². The number of halogens is 2. The molecule has 3 rings (SSSR count). The fourth-order valence-corrected chi connectivity index (χ4v) is 2.97. The molecule has 2 fully saturated rings. The molecule has 2 aliphatic rings. The second-order valence-corrected chi connectivity index (χ2v) is 6.11. The van der Waals surface area contributed by atoms with Gasteiger partial charge in [0, 0.05) is 32.5 Å². The third-order valence-corrected chi connectivity index (χ3v) is 4.49. The number of carbonyl (C=O) groups is 1. The Morgan fingerprint density at radius 2 is 2.26 bits per heavy atom. The first kappa shape index (κ1) is 16.0. The molecular weight excluding hydrogens is 306 g/mol. The van der Waals surface area contributed by atoms with Gasteiger partial charge < -0.3 is 15.0 Å². The highest BCUT2D eigenvalue weighted by molar-refractivity contribution is 5.79. The molecule has 0 aromatic carbocycles. The maximum Gasteiger partial charge on any atom is 0.225 e. The van der Waals surface area contributed by atoms with Gasteiger partial charge in [-0.2, -0.15) is 0 Å². The molecule has 1 aromatic rings. The summed E-state index contributed by atoms with van der Waals surface area (Å²) < 4.78 is 33.6. The lowest BCUT2D eigenvalue weighted by Gasteiger charge is -2.37. The number of anilines is 1. The van der Waals surface area contributed by atoms with Crippen molar-refractivity contribution in [3.8, 4) is 0 Å². The van der Waals surface area contributed by atoms with Gasteiger partial charge in [0.1, 0.15) is 12.0 Å². The monoisotopic (exact) mass is 326 g/mol. The van der Waals surface area contributed by atoms with Crippen LogP contribution in [0.15, 0.2) is 12.5 Å². The number of aromatic nitrogens is 2. The number of amides is 1. The Morgan fingerprint density at radius 1 is 1.48 bits per heavy atom. The van der Waals surface area contributed by atoms with E-state index < -0.39 is 11.5 Å². The molecule has 1 atom stereocenters. The molecule has 0 bridgehead atoms. The van der Waals surface area contributed by atoms with Crippen LogP contribution in [0.25, 0.3) is 0 Å². The van der Waals surface area contributed by atoms with Crippen molar-refractivity contribution >= 4 is 11.7 Å². The number of ether oxygens (including phenoxy) is 1. The summed E-state index contributed by atoms with van der Waals surface area (Å²) in [6.07, 6.45) is 3.50. The summed E-state index contributed by atoms with van der Waals surface area (Å²) in [5.41, 5.74) is -1.46. The fraction of sp³-hybridized carbons (Fsp3) is 0.667. The predicted molar refractivity (Wildman–Crippen MR) is 79.2 cm³/mol. The largest absolute Gasteiger partial charge is 0.381 e. The van der Waals surface area contributed by atoms with E-state index in [2.05, 4.69) is 15.3 Å². The summed E-state index contributed by atoms with van der Waals surface area (Å²) in [4.78, 5) is 21.2. The molecule has 0 radical (unpaired) electrons. The van der Waals surface area contributed by atoms with Crippen molar-refractivity contribution in [2.45, 2.75) is 24.9 Å². The Kier molecular flexibility index (Phi) is 4.70. The van der Waals surface area contributed by atoms with Crippen molar-refractivity contribution in [3.63, 3.8) is 0 Å². The van der Waals surface area contributed by atoms with E-state index in [1.807, 2.05) is 0 Å². The van der Waals surface area contributed by atoms with Crippen LogP contribution in [-0.4, -0.2) is 54.4 Å². The highest BCUT2D eigenvalue weighted by atomic mass is 19.1. The standard InChI is InChI=1S/C15H20F2N4O2/c16-12-7-18-10-20-13(12)21-4-2-15(17,3-5-21)9-19-14(22)11-1-6-23-8-11/h7,10-11H,1-6,8-9H2,(H,19,22). The van der Waals surface area contributed by atoms with Crippen LogP contribution in [0.5, 0.6) is 0 Å². The lowest BCUT2D eigenvalue weighted by molar-refractivity contribution is -0.125. The summed E-state index contributed by atoms with van der Waals surface area (Å²) in [7, 11) is 0. The molecule has 1 aromatic heterocycles. The number of hydrogen-bond donors (Lipinski definition) is 1. The van der Waals surface area contributed by atoms with Gasteiger partial charge in [-0.3, -0.25) is 4.79 Å². The number of nitrogens with one attached hydrogen (secondary N) is 1. The second-order valence-electron chi connectivity index (χ2n) is 6.11. The van der Waals surface area contributed by atoms with E-state index in [4.69, 9.17) is 4.74 Å². The number of alkyl halides is 1.